The van der Waals surface area contributed by atoms with E-state index in [0.717, 1.165) is 11.1 Å². The van der Waals surface area contributed by atoms with E-state index in [-0.39, 0.29) is 23.0 Å². The quantitative estimate of drug-likeness (QED) is 0.567. The van der Waals surface area contributed by atoms with E-state index in [9.17, 15) is 20.4 Å². The molecule has 4 N–H and O–H groups in total. The molecule has 25 heavy (non-hydrogen) atoms. The molecule has 0 bridgehead atoms. The van der Waals surface area contributed by atoms with Crippen molar-refractivity contribution in [1.82, 2.24) is 0 Å². The second-order valence-corrected chi connectivity index (χ2v) is 6.61. The fraction of sp³-hybridized carbons (Fsp3) is 0.143. The lowest BCUT2D eigenvalue weighted by Crippen LogP contribution is -2.20. The summed E-state index contributed by atoms with van der Waals surface area (Å²) in [7, 11) is 0. The lowest BCUT2D eigenvalue weighted by Gasteiger charge is -2.30. The average Bonchev–Trinajstić information content (AvgIpc) is 2.55. The molecule has 128 valence electrons. The Morgan fingerprint density at radius 1 is 0.640 bits per heavy atom. The highest BCUT2D eigenvalue weighted by Crippen LogP contribution is 2.45. The van der Waals surface area contributed by atoms with Crippen LogP contribution in [-0.4, -0.2) is 20.4 Å². The highest BCUT2D eigenvalue weighted by atomic mass is 16.3. The molecule has 0 amide bonds. The van der Waals surface area contributed by atoms with Crippen LogP contribution in [0.5, 0.6) is 23.0 Å². The van der Waals surface area contributed by atoms with Crippen molar-refractivity contribution in [2.24, 2.45) is 0 Å². The van der Waals surface area contributed by atoms with Crippen LogP contribution >= 0.6 is 0 Å². The highest BCUT2D eigenvalue weighted by Gasteiger charge is 2.30. The topological polar surface area (TPSA) is 80.9 Å². The van der Waals surface area contributed by atoms with Gasteiger partial charge in [0.15, 0.2) is 0 Å². The molecule has 0 aliphatic heterocycles. The van der Waals surface area contributed by atoms with Crippen molar-refractivity contribution in [3.63, 3.8) is 0 Å². The van der Waals surface area contributed by atoms with Gasteiger partial charge < -0.3 is 20.4 Å². The van der Waals surface area contributed by atoms with Crippen LogP contribution in [0.3, 0.4) is 0 Å². The van der Waals surface area contributed by atoms with Gasteiger partial charge in [-0.1, -0.05) is 38.1 Å². The summed E-state index contributed by atoms with van der Waals surface area (Å²) in [5.74, 6) is 0.271. The van der Waals surface area contributed by atoms with Gasteiger partial charge in [-0.2, -0.15) is 0 Å². The van der Waals surface area contributed by atoms with Crippen molar-refractivity contribution in [1.29, 1.82) is 0 Å². The minimum Gasteiger partial charge on any atom is -0.508 e. The molecule has 0 aliphatic carbocycles. The molecule has 3 aromatic carbocycles. The van der Waals surface area contributed by atoms with E-state index in [1.165, 1.54) is 6.07 Å². The molecule has 0 saturated heterocycles. The molecule has 3 aromatic rings. The molecule has 0 unspecified atom stereocenters. The van der Waals surface area contributed by atoms with Crippen LogP contribution in [-0.2, 0) is 5.41 Å². The summed E-state index contributed by atoms with van der Waals surface area (Å²) < 4.78 is 0. The Morgan fingerprint density at radius 3 is 1.72 bits per heavy atom. The van der Waals surface area contributed by atoms with Crippen molar-refractivity contribution in [2.75, 3.05) is 0 Å². The second kappa shape index (κ2) is 6.06. The summed E-state index contributed by atoms with van der Waals surface area (Å²) in [5, 5.41) is 39.6. The van der Waals surface area contributed by atoms with E-state index in [1.807, 2.05) is 26.0 Å². The van der Waals surface area contributed by atoms with Gasteiger partial charge in [-0.05, 0) is 47.0 Å². The molecule has 4 heteroatoms. The number of aromatic hydroxyl groups is 4. The van der Waals surface area contributed by atoms with Gasteiger partial charge in [-0.3, -0.25) is 0 Å². The van der Waals surface area contributed by atoms with Crippen molar-refractivity contribution in [3.05, 3.63) is 71.8 Å². The third-order valence-corrected chi connectivity index (χ3v) is 4.49. The maximum absolute atomic E-state index is 10.6. The lowest BCUT2D eigenvalue weighted by molar-refractivity contribution is 0.437. The van der Waals surface area contributed by atoms with Crippen molar-refractivity contribution >= 4 is 0 Å². The van der Waals surface area contributed by atoms with E-state index < -0.39 is 5.41 Å². The largest absolute Gasteiger partial charge is 0.508 e. The minimum atomic E-state index is -0.585. The van der Waals surface area contributed by atoms with Crippen molar-refractivity contribution < 1.29 is 20.4 Å². The van der Waals surface area contributed by atoms with Gasteiger partial charge in [0.2, 0.25) is 0 Å². The van der Waals surface area contributed by atoms with Gasteiger partial charge >= 0.3 is 0 Å². The summed E-state index contributed by atoms with van der Waals surface area (Å²) in [5.41, 5.74) is 2.42. The zero-order valence-corrected chi connectivity index (χ0v) is 14.1. The van der Waals surface area contributed by atoms with E-state index in [4.69, 9.17) is 0 Å². The first-order valence-corrected chi connectivity index (χ1v) is 7.94. The molecular formula is C21H20O4. The predicted octanol–water partition coefficient (Wildman–Crippen LogP) is 4.50. The van der Waals surface area contributed by atoms with E-state index in [1.54, 1.807) is 42.5 Å². The zero-order chi connectivity index (χ0) is 18.2. The van der Waals surface area contributed by atoms with E-state index in [0.29, 0.717) is 11.1 Å². The molecule has 3 rings (SSSR count). The van der Waals surface area contributed by atoms with Gasteiger partial charge in [0, 0.05) is 17.0 Å². The van der Waals surface area contributed by atoms with Crippen molar-refractivity contribution in [3.8, 4) is 34.1 Å². The third kappa shape index (κ3) is 3.11. The molecule has 4 nitrogen and oxygen atoms in total. The van der Waals surface area contributed by atoms with E-state index in [2.05, 4.69) is 0 Å². The van der Waals surface area contributed by atoms with Crippen LogP contribution in [0.2, 0.25) is 0 Å². The Kier molecular flexibility index (Phi) is 4.05. The van der Waals surface area contributed by atoms with E-state index >= 15 is 0 Å². The SMILES string of the molecule is CC(C)(c1ccc(O)cc1)c1c(O)cc(O)cc1-c1ccc(O)cc1. The summed E-state index contributed by atoms with van der Waals surface area (Å²) in [6.45, 7) is 3.94. The van der Waals surface area contributed by atoms with Gasteiger partial charge in [0.1, 0.15) is 23.0 Å². The molecular weight excluding hydrogens is 316 g/mol. The minimum absolute atomic E-state index is 0.0128. The fourth-order valence-corrected chi connectivity index (χ4v) is 3.16. The van der Waals surface area contributed by atoms with Crippen LogP contribution in [0, 0.1) is 0 Å². The number of rotatable bonds is 3. The summed E-state index contributed by atoms with van der Waals surface area (Å²) in [6, 6.07) is 16.3. The Bertz CT molecular complexity index is 894. The maximum atomic E-state index is 10.6. The predicted molar refractivity (Wildman–Crippen MR) is 97.1 cm³/mol. The monoisotopic (exact) mass is 336 g/mol. The lowest BCUT2D eigenvalue weighted by atomic mass is 9.74. The summed E-state index contributed by atoms with van der Waals surface area (Å²) >= 11 is 0. The molecule has 0 aliphatic rings. The summed E-state index contributed by atoms with van der Waals surface area (Å²) in [4.78, 5) is 0. The number of phenolic OH excluding ortho intramolecular Hbond substituents is 4. The zero-order valence-electron chi connectivity index (χ0n) is 14.1. The standard InChI is InChI=1S/C21H20O4/c1-21(2,14-5-9-16(23)10-6-14)20-18(11-17(24)12-19(20)25)13-3-7-15(22)8-4-13/h3-12,22-25H,1-2H3. The smallest absolute Gasteiger partial charge is 0.123 e. The van der Waals surface area contributed by atoms with Gasteiger partial charge in [0.05, 0.1) is 0 Å². The van der Waals surface area contributed by atoms with Crippen LogP contribution < -0.4 is 0 Å². The summed E-state index contributed by atoms with van der Waals surface area (Å²) in [6.07, 6.45) is 0. The molecule has 0 radical (unpaired) electrons. The van der Waals surface area contributed by atoms with Crippen LogP contribution in [0.1, 0.15) is 25.0 Å². The second-order valence-electron chi connectivity index (χ2n) is 6.61. The van der Waals surface area contributed by atoms with Gasteiger partial charge in [-0.25, -0.2) is 0 Å². The molecule has 0 spiro atoms. The molecule has 0 atom stereocenters. The van der Waals surface area contributed by atoms with Gasteiger partial charge in [-0.15, -0.1) is 0 Å². The third-order valence-electron chi connectivity index (χ3n) is 4.49. The Labute approximate surface area is 146 Å². The van der Waals surface area contributed by atoms with Crippen LogP contribution in [0.15, 0.2) is 60.7 Å². The number of hydrogen-bond acceptors (Lipinski definition) is 4. The first-order valence-electron chi connectivity index (χ1n) is 7.94. The highest BCUT2D eigenvalue weighted by molar-refractivity contribution is 5.75. The Morgan fingerprint density at radius 2 is 1.16 bits per heavy atom. The number of hydrogen-bond donors (Lipinski definition) is 4. The Hall–Kier alpha value is -3.14. The Balaban J connectivity index is 2.24. The normalized spacial score (nSPS) is 11.4. The number of benzene rings is 3. The van der Waals surface area contributed by atoms with Crippen LogP contribution in [0.25, 0.3) is 11.1 Å². The molecule has 0 fully saturated rings. The maximum Gasteiger partial charge on any atom is 0.123 e. The molecule has 0 aromatic heterocycles. The number of phenols is 4. The first kappa shape index (κ1) is 16.7. The average molecular weight is 336 g/mol. The molecule has 0 heterocycles. The first-order chi connectivity index (χ1) is 11.8. The molecule has 0 saturated carbocycles. The van der Waals surface area contributed by atoms with Crippen molar-refractivity contribution in [2.45, 2.75) is 19.3 Å². The fourth-order valence-electron chi connectivity index (χ4n) is 3.16. The van der Waals surface area contributed by atoms with Gasteiger partial charge in [0.25, 0.3) is 0 Å². The van der Waals surface area contributed by atoms with Crippen LogP contribution in [0.4, 0.5) is 0 Å².